The highest BCUT2D eigenvalue weighted by Crippen LogP contribution is 2.35. The molecule has 23 heavy (non-hydrogen) atoms. The maximum absolute atomic E-state index is 6.03. The summed E-state index contributed by atoms with van der Waals surface area (Å²) in [4.78, 5) is 0. The minimum Gasteiger partial charge on any atom is -0.374 e. The zero-order valence-corrected chi connectivity index (χ0v) is 14.3. The lowest BCUT2D eigenvalue weighted by molar-refractivity contribution is -0.175. The standard InChI is InChI=1S/C18H26O5/c1-17(2)20-12-15(21-17)16-14(22-18(3,4)23-16)11-19-10-13-8-6-5-7-9-13/h5-9,14-16H,10-12H2,1-4H3/t14-,15-,16+/m1/s1. The van der Waals surface area contributed by atoms with Crippen LogP contribution in [-0.4, -0.2) is 43.1 Å². The van der Waals surface area contributed by atoms with Crippen molar-refractivity contribution in [1.29, 1.82) is 0 Å². The number of ether oxygens (including phenoxy) is 5. The van der Waals surface area contributed by atoms with Gasteiger partial charge in [0.1, 0.15) is 18.3 Å². The lowest BCUT2D eigenvalue weighted by atomic mass is 10.1. The maximum atomic E-state index is 6.03. The van der Waals surface area contributed by atoms with Crippen molar-refractivity contribution >= 4 is 0 Å². The van der Waals surface area contributed by atoms with Gasteiger partial charge in [0, 0.05) is 0 Å². The predicted molar refractivity (Wildman–Crippen MR) is 84.8 cm³/mol. The Bertz CT molecular complexity index is 513. The van der Waals surface area contributed by atoms with E-state index in [9.17, 15) is 0 Å². The Balaban J connectivity index is 1.57. The van der Waals surface area contributed by atoms with Crippen LogP contribution in [0.5, 0.6) is 0 Å². The van der Waals surface area contributed by atoms with E-state index in [4.69, 9.17) is 23.7 Å². The first kappa shape index (κ1) is 16.9. The fraction of sp³-hybridized carbons (Fsp3) is 0.667. The number of benzene rings is 1. The van der Waals surface area contributed by atoms with Gasteiger partial charge in [0.25, 0.3) is 0 Å². The third-order valence-corrected chi connectivity index (χ3v) is 4.01. The molecule has 0 saturated carbocycles. The van der Waals surface area contributed by atoms with E-state index in [1.807, 2.05) is 58.0 Å². The molecule has 1 aromatic rings. The Kier molecular flexibility index (Phi) is 4.76. The van der Waals surface area contributed by atoms with Gasteiger partial charge >= 0.3 is 0 Å². The first-order chi connectivity index (χ1) is 10.8. The summed E-state index contributed by atoms with van der Waals surface area (Å²) in [5.41, 5.74) is 1.14. The Morgan fingerprint density at radius 1 is 1.00 bits per heavy atom. The number of rotatable bonds is 5. The molecular weight excluding hydrogens is 296 g/mol. The van der Waals surface area contributed by atoms with Crippen molar-refractivity contribution in [2.24, 2.45) is 0 Å². The maximum Gasteiger partial charge on any atom is 0.164 e. The first-order valence-electron chi connectivity index (χ1n) is 8.14. The molecule has 0 unspecified atom stereocenters. The second kappa shape index (κ2) is 6.49. The zero-order valence-electron chi connectivity index (χ0n) is 14.3. The minimum absolute atomic E-state index is 0.142. The van der Waals surface area contributed by atoms with E-state index >= 15 is 0 Å². The van der Waals surface area contributed by atoms with Gasteiger partial charge in [-0.1, -0.05) is 30.3 Å². The lowest BCUT2D eigenvalue weighted by Gasteiger charge is -2.23. The average Bonchev–Trinajstić information content (AvgIpc) is 2.99. The van der Waals surface area contributed by atoms with Crippen LogP contribution in [0.15, 0.2) is 30.3 Å². The van der Waals surface area contributed by atoms with Crippen LogP contribution in [-0.2, 0) is 30.3 Å². The molecule has 0 aliphatic carbocycles. The molecule has 5 nitrogen and oxygen atoms in total. The van der Waals surface area contributed by atoms with Crippen LogP contribution in [0.25, 0.3) is 0 Å². The molecule has 0 bridgehead atoms. The summed E-state index contributed by atoms with van der Waals surface area (Å²) in [6.45, 7) is 9.18. The Hall–Kier alpha value is -0.980. The topological polar surface area (TPSA) is 46.2 Å². The van der Waals surface area contributed by atoms with E-state index < -0.39 is 11.6 Å². The molecule has 2 saturated heterocycles. The first-order valence-corrected chi connectivity index (χ1v) is 8.14. The zero-order chi connectivity index (χ0) is 16.5. The summed E-state index contributed by atoms with van der Waals surface area (Å²) in [5.74, 6) is -1.21. The van der Waals surface area contributed by atoms with Crippen molar-refractivity contribution in [2.75, 3.05) is 13.2 Å². The molecular formula is C18H26O5. The van der Waals surface area contributed by atoms with Gasteiger partial charge in [-0.25, -0.2) is 0 Å². The molecule has 2 fully saturated rings. The molecule has 0 aromatic heterocycles. The SMILES string of the molecule is CC1(C)OC[C@H]([C@H]2OC(C)(C)O[C@@H]2COCc2ccccc2)O1. The van der Waals surface area contributed by atoms with Crippen LogP contribution in [0.3, 0.4) is 0 Å². The van der Waals surface area contributed by atoms with Crippen LogP contribution in [0.4, 0.5) is 0 Å². The Morgan fingerprint density at radius 2 is 1.74 bits per heavy atom. The van der Waals surface area contributed by atoms with E-state index in [0.29, 0.717) is 19.8 Å². The Morgan fingerprint density at radius 3 is 2.39 bits per heavy atom. The number of hydrogen-bond donors (Lipinski definition) is 0. The fourth-order valence-corrected chi connectivity index (χ4v) is 3.05. The van der Waals surface area contributed by atoms with Crippen molar-refractivity contribution in [1.82, 2.24) is 0 Å². The predicted octanol–water partition coefficient (Wildman–Crippen LogP) is 2.87. The summed E-state index contributed by atoms with van der Waals surface area (Å²) in [7, 11) is 0. The van der Waals surface area contributed by atoms with Gasteiger partial charge in [0.15, 0.2) is 11.6 Å². The van der Waals surface area contributed by atoms with Crippen LogP contribution < -0.4 is 0 Å². The molecule has 3 rings (SSSR count). The molecule has 0 radical (unpaired) electrons. The third-order valence-electron chi connectivity index (χ3n) is 4.01. The molecule has 0 spiro atoms. The summed E-state index contributed by atoms with van der Waals surface area (Å²) >= 11 is 0. The monoisotopic (exact) mass is 322 g/mol. The van der Waals surface area contributed by atoms with Crippen LogP contribution in [0, 0.1) is 0 Å². The average molecular weight is 322 g/mol. The van der Waals surface area contributed by atoms with Gasteiger partial charge in [-0.3, -0.25) is 0 Å². The smallest absolute Gasteiger partial charge is 0.164 e. The highest BCUT2D eigenvalue weighted by atomic mass is 16.8. The summed E-state index contributed by atoms with van der Waals surface area (Å²) < 4.78 is 29.5. The van der Waals surface area contributed by atoms with E-state index in [2.05, 4.69) is 0 Å². The van der Waals surface area contributed by atoms with E-state index in [-0.39, 0.29) is 18.3 Å². The highest BCUT2D eigenvalue weighted by molar-refractivity contribution is 5.13. The van der Waals surface area contributed by atoms with Crippen molar-refractivity contribution in [3.63, 3.8) is 0 Å². The number of hydrogen-bond acceptors (Lipinski definition) is 5. The summed E-state index contributed by atoms with van der Waals surface area (Å²) in [6.07, 6.45) is -0.504. The molecule has 1 aromatic carbocycles. The van der Waals surface area contributed by atoms with Gasteiger partial charge in [-0.05, 0) is 33.3 Å². The fourth-order valence-electron chi connectivity index (χ4n) is 3.05. The molecule has 0 N–H and O–H groups in total. The van der Waals surface area contributed by atoms with Crippen molar-refractivity contribution < 1.29 is 23.7 Å². The van der Waals surface area contributed by atoms with E-state index in [1.165, 1.54) is 0 Å². The lowest BCUT2D eigenvalue weighted by Crippen LogP contribution is -2.40. The van der Waals surface area contributed by atoms with Crippen molar-refractivity contribution in [3.05, 3.63) is 35.9 Å². The van der Waals surface area contributed by atoms with Crippen LogP contribution in [0.2, 0.25) is 0 Å². The molecule has 128 valence electrons. The second-order valence-corrected chi connectivity index (χ2v) is 7.01. The van der Waals surface area contributed by atoms with E-state index in [0.717, 1.165) is 5.56 Å². The largest absolute Gasteiger partial charge is 0.374 e. The normalized spacial score (nSPS) is 32.3. The van der Waals surface area contributed by atoms with Gasteiger partial charge in [-0.2, -0.15) is 0 Å². The van der Waals surface area contributed by atoms with Crippen LogP contribution >= 0.6 is 0 Å². The van der Waals surface area contributed by atoms with Gasteiger partial charge in [0.2, 0.25) is 0 Å². The quantitative estimate of drug-likeness (QED) is 0.834. The van der Waals surface area contributed by atoms with Crippen molar-refractivity contribution in [3.8, 4) is 0 Å². The summed E-state index contributed by atoms with van der Waals surface area (Å²) in [5, 5.41) is 0. The van der Waals surface area contributed by atoms with Crippen LogP contribution in [0.1, 0.15) is 33.3 Å². The summed E-state index contributed by atoms with van der Waals surface area (Å²) in [6, 6.07) is 10.1. The molecule has 0 amide bonds. The molecule has 2 aliphatic heterocycles. The third kappa shape index (κ3) is 4.31. The van der Waals surface area contributed by atoms with Gasteiger partial charge in [-0.15, -0.1) is 0 Å². The molecule has 2 heterocycles. The van der Waals surface area contributed by atoms with Gasteiger partial charge in [0.05, 0.1) is 19.8 Å². The van der Waals surface area contributed by atoms with Gasteiger partial charge < -0.3 is 23.7 Å². The molecule has 2 aliphatic rings. The Labute approximate surface area is 137 Å². The molecule has 5 heteroatoms. The van der Waals surface area contributed by atoms with Crippen molar-refractivity contribution in [2.45, 2.75) is 64.2 Å². The van der Waals surface area contributed by atoms with E-state index in [1.54, 1.807) is 0 Å². The highest BCUT2D eigenvalue weighted by Gasteiger charge is 2.49. The second-order valence-electron chi connectivity index (χ2n) is 7.01. The minimum atomic E-state index is -0.637. The molecule has 3 atom stereocenters.